The second-order valence-electron chi connectivity index (χ2n) is 8.14. The summed E-state index contributed by atoms with van der Waals surface area (Å²) in [5.74, 6) is 3.46. The summed E-state index contributed by atoms with van der Waals surface area (Å²) in [5.41, 5.74) is 2.96. The minimum atomic E-state index is -1.12. The van der Waals surface area contributed by atoms with Crippen molar-refractivity contribution >= 4 is 0 Å². The molecule has 2 unspecified atom stereocenters. The average molecular weight is 384 g/mol. The fourth-order valence-electron chi connectivity index (χ4n) is 5.23. The van der Waals surface area contributed by atoms with Gasteiger partial charge in [-0.05, 0) is 23.3 Å². The van der Waals surface area contributed by atoms with Crippen molar-refractivity contribution in [2.45, 2.75) is 25.1 Å². The van der Waals surface area contributed by atoms with Crippen molar-refractivity contribution in [1.29, 1.82) is 0 Å². The molecule has 7 heteroatoms. The lowest BCUT2D eigenvalue weighted by Crippen LogP contribution is -2.65. The van der Waals surface area contributed by atoms with Gasteiger partial charge in [-0.25, -0.2) is 0 Å². The molecule has 2 atom stereocenters. The van der Waals surface area contributed by atoms with E-state index in [9.17, 15) is 5.11 Å². The number of rotatable bonds is 1. The van der Waals surface area contributed by atoms with Crippen LogP contribution < -0.4 is 23.7 Å². The Morgan fingerprint density at radius 3 is 2.64 bits per heavy atom. The summed E-state index contributed by atoms with van der Waals surface area (Å²) >= 11 is 0. The van der Waals surface area contributed by atoms with Crippen molar-refractivity contribution in [2.24, 2.45) is 0 Å². The van der Waals surface area contributed by atoms with Crippen LogP contribution in [0.3, 0.4) is 0 Å². The molecule has 0 amide bonds. The van der Waals surface area contributed by atoms with Gasteiger partial charge < -0.3 is 28.8 Å². The second-order valence-corrected chi connectivity index (χ2v) is 8.14. The molecule has 146 valence electrons. The Morgan fingerprint density at radius 1 is 1.04 bits per heavy atom. The van der Waals surface area contributed by atoms with Gasteiger partial charge in [-0.3, -0.25) is 4.48 Å². The SMILES string of the molecule is COc1c2c(cc3c1C1(O)Cc4ccc5c(c4C[N+]1(C)CC3)OCO5)OCO2. The van der Waals surface area contributed by atoms with E-state index in [0.717, 1.165) is 46.7 Å². The third-order valence-corrected chi connectivity index (χ3v) is 6.76. The van der Waals surface area contributed by atoms with E-state index in [0.29, 0.717) is 34.7 Å². The number of hydrogen-bond acceptors (Lipinski definition) is 6. The van der Waals surface area contributed by atoms with E-state index < -0.39 is 5.72 Å². The molecule has 7 nitrogen and oxygen atoms in total. The van der Waals surface area contributed by atoms with Crippen LogP contribution in [-0.2, 0) is 25.1 Å². The molecule has 0 saturated carbocycles. The highest BCUT2D eigenvalue weighted by molar-refractivity contribution is 5.63. The van der Waals surface area contributed by atoms with Gasteiger partial charge in [0.2, 0.25) is 25.1 Å². The molecular weight excluding hydrogens is 362 g/mol. The minimum Gasteiger partial charge on any atom is -0.492 e. The van der Waals surface area contributed by atoms with Crippen molar-refractivity contribution < 1.29 is 33.3 Å². The average Bonchev–Trinajstić information content (AvgIpc) is 3.34. The van der Waals surface area contributed by atoms with E-state index in [1.54, 1.807) is 7.11 Å². The molecule has 0 aliphatic carbocycles. The maximum absolute atomic E-state index is 12.2. The number of ether oxygens (including phenoxy) is 5. The molecule has 2 aromatic rings. The summed E-state index contributed by atoms with van der Waals surface area (Å²) in [4.78, 5) is 0. The predicted octanol–water partition coefficient (Wildman–Crippen LogP) is 2.06. The number of quaternary nitrogens is 1. The zero-order chi connectivity index (χ0) is 19.1. The van der Waals surface area contributed by atoms with Gasteiger partial charge in [-0.2, -0.15) is 0 Å². The molecule has 4 aliphatic heterocycles. The molecule has 0 bridgehead atoms. The van der Waals surface area contributed by atoms with Gasteiger partial charge in [0.1, 0.15) is 6.54 Å². The molecule has 4 heterocycles. The monoisotopic (exact) mass is 384 g/mol. The zero-order valence-corrected chi connectivity index (χ0v) is 15.9. The predicted molar refractivity (Wildman–Crippen MR) is 97.7 cm³/mol. The minimum absolute atomic E-state index is 0.172. The van der Waals surface area contributed by atoms with Crippen molar-refractivity contribution in [1.82, 2.24) is 0 Å². The van der Waals surface area contributed by atoms with Gasteiger partial charge in [-0.1, -0.05) is 6.07 Å². The van der Waals surface area contributed by atoms with E-state index in [1.165, 1.54) is 0 Å². The van der Waals surface area contributed by atoms with Crippen LogP contribution in [0.15, 0.2) is 18.2 Å². The summed E-state index contributed by atoms with van der Waals surface area (Å²) in [7, 11) is 3.72. The number of benzene rings is 2. The first-order valence-corrected chi connectivity index (χ1v) is 9.51. The first-order chi connectivity index (χ1) is 13.5. The first kappa shape index (κ1) is 16.3. The Bertz CT molecular complexity index is 1020. The summed E-state index contributed by atoms with van der Waals surface area (Å²) in [6.45, 7) is 1.89. The highest BCUT2D eigenvalue weighted by Gasteiger charge is 2.58. The van der Waals surface area contributed by atoms with E-state index in [2.05, 4.69) is 7.05 Å². The van der Waals surface area contributed by atoms with Crippen LogP contribution >= 0.6 is 0 Å². The number of nitrogens with zero attached hydrogens (tertiary/aromatic N) is 1. The lowest BCUT2D eigenvalue weighted by molar-refractivity contribution is -1.01. The Morgan fingerprint density at radius 2 is 1.82 bits per heavy atom. The second kappa shape index (κ2) is 5.24. The first-order valence-electron chi connectivity index (χ1n) is 9.51. The molecule has 28 heavy (non-hydrogen) atoms. The highest BCUT2D eigenvalue weighted by atomic mass is 16.7. The maximum atomic E-state index is 12.2. The molecule has 6 rings (SSSR count). The number of aliphatic hydroxyl groups is 1. The van der Waals surface area contributed by atoms with E-state index in [1.807, 2.05) is 18.2 Å². The largest absolute Gasteiger partial charge is 0.492 e. The van der Waals surface area contributed by atoms with Crippen molar-refractivity contribution in [3.05, 3.63) is 40.5 Å². The maximum Gasteiger partial charge on any atom is 0.235 e. The third kappa shape index (κ3) is 1.85. The van der Waals surface area contributed by atoms with Gasteiger partial charge in [0.05, 0.1) is 38.2 Å². The van der Waals surface area contributed by atoms with Crippen LogP contribution in [0.1, 0.15) is 22.3 Å². The fourth-order valence-corrected chi connectivity index (χ4v) is 5.23. The summed E-state index contributed by atoms with van der Waals surface area (Å²) in [6, 6.07) is 5.97. The fraction of sp³-hybridized carbons (Fsp3) is 0.429. The lowest BCUT2D eigenvalue weighted by atomic mass is 9.78. The van der Waals surface area contributed by atoms with Gasteiger partial charge in [0.25, 0.3) is 0 Å². The molecule has 1 N–H and O–H groups in total. The third-order valence-electron chi connectivity index (χ3n) is 6.76. The Hall–Kier alpha value is -2.64. The smallest absolute Gasteiger partial charge is 0.235 e. The summed E-state index contributed by atoms with van der Waals surface area (Å²) < 4.78 is 28.8. The molecule has 0 spiro atoms. The van der Waals surface area contributed by atoms with Crippen LogP contribution in [0.5, 0.6) is 28.7 Å². The number of likely N-dealkylation sites (N-methyl/N-ethyl adjacent to an activating group) is 1. The van der Waals surface area contributed by atoms with Crippen LogP contribution in [0.25, 0.3) is 0 Å². The number of methoxy groups -OCH3 is 1. The standard InChI is InChI=1S/C21H22NO6/c1-22-6-5-12-7-16-19(28-11-26-16)20(24-2)17(12)21(22,23)8-13-3-4-15-18(14(13)9-22)27-10-25-15/h3-4,7,23H,5-6,8-11H2,1-2H3/q+1. The van der Waals surface area contributed by atoms with Crippen LogP contribution in [0, 0.1) is 0 Å². The molecule has 0 radical (unpaired) electrons. The van der Waals surface area contributed by atoms with E-state index >= 15 is 0 Å². The van der Waals surface area contributed by atoms with Gasteiger partial charge in [0.15, 0.2) is 23.0 Å². The van der Waals surface area contributed by atoms with Crippen LogP contribution in [0.4, 0.5) is 0 Å². The molecule has 0 saturated heterocycles. The molecule has 4 aliphatic rings. The topological polar surface area (TPSA) is 66.4 Å². The lowest BCUT2D eigenvalue weighted by Gasteiger charge is -2.54. The molecule has 0 fully saturated rings. The van der Waals surface area contributed by atoms with Crippen molar-refractivity contribution in [3.63, 3.8) is 0 Å². The van der Waals surface area contributed by atoms with E-state index in [4.69, 9.17) is 23.7 Å². The zero-order valence-electron chi connectivity index (χ0n) is 15.9. The van der Waals surface area contributed by atoms with Crippen molar-refractivity contribution in [3.8, 4) is 28.7 Å². The summed E-state index contributed by atoms with van der Waals surface area (Å²) in [5, 5.41) is 12.2. The molecular formula is C21H22NO6+. The summed E-state index contributed by atoms with van der Waals surface area (Å²) in [6.07, 6.45) is 1.29. The van der Waals surface area contributed by atoms with Crippen molar-refractivity contribution in [2.75, 3.05) is 34.3 Å². The molecule has 0 aromatic heterocycles. The Labute approximate surface area is 162 Å². The number of fused-ring (bicyclic) bond motifs is 7. The van der Waals surface area contributed by atoms with Crippen LogP contribution in [-0.4, -0.2) is 43.9 Å². The quantitative estimate of drug-likeness (QED) is 0.760. The normalized spacial score (nSPS) is 28.4. The van der Waals surface area contributed by atoms with E-state index in [-0.39, 0.29) is 13.6 Å². The number of hydrogen-bond donors (Lipinski definition) is 1. The van der Waals surface area contributed by atoms with Gasteiger partial charge in [0, 0.05) is 6.42 Å². The Balaban J connectivity index is 1.58. The van der Waals surface area contributed by atoms with Gasteiger partial charge in [-0.15, -0.1) is 0 Å². The van der Waals surface area contributed by atoms with Crippen LogP contribution in [0.2, 0.25) is 0 Å². The highest BCUT2D eigenvalue weighted by Crippen LogP contribution is 2.56. The van der Waals surface area contributed by atoms with Gasteiger partial charge >= 0.3 is 0 Å². The Kier molecular flexibility index (Phi) is 3.06. The molecule has 2 aromatic carbocycles.